The summed E-state index contributed by atoms with van der Waals surface area (Å²) in [5.41, 5.74) is 0.980. The van der Waals surface area contributed by atoms with E-state index in [1.165, 1.54) is 0 Å². The molecule has 1 aromatic rings. The minimum absolute atomic E-state index is 0.292. The molecule has 0 amide bonds. The monoisotopic (exact) mass is 238 g/mol. The number of nitrogens with zero attached hydrogens (tertiary/aromatic N) is 3. The molecule has 0 atom stereocenters. The molecule has 0 fully saturated rings. The van der Waals surface area contributed by atoms with Gasteiger partial charge in [-0.15, -0.1) is 0 Å². The fourth-order valence-electron chi connectivity index (χ4n) is 1.59. The highest BCUT2D eigenvalue weighted by molar-refractivity contribution is 5.29. The van der Waals surface area contributed by atoms with Gasteiger partial charge in [0, 0.05) is 20.2 Å². The largest absolute Gasteiger partial charge is 0.396 e. The van der Waals surface area contributed by atoms with E-state index in [1.54, 1.807) is 12.4 Å². The lowest BCUT2D eigenvalue weighted by atomic mass is 10.2. The summed E-state index contributed by atoms with van der Waals surface area (Å²) in [4.78, 5) is 10.8. The maximum Gasteiger partial charge on any atom is 0.144 e. The van der Waals surface area contributed by atoms with Crippen LogP contribution >= 0.6 is 0 Å². The smallest absolute Gasteiger partial charge is 0.144 e. The molecule has 1 rings (SSSR count). The molecular weight excluding hydrogens is 216 g/mol. The lowest BCUT2D eigenvalue weighted by molar-refractivity contribution is 0.270. The fourth-order valence-corrected chi connectivity index (χ4v) is 1.59. The topological polar surface area (TPSA) is 61.3 Å². The zero-order chi connectivity index (χ0) is 12.5. The van der Waals surface area contributed by atoms with Crippen molar-refractivity contribution in [2.24, 2.45) is 0 Å². The third-order valence-corrected chi connectivity index (χ3v) is 2.59. The highest BCUT2D eigenvalue weighted by Crippen LogP contribution is 2.04. The minimum atomic E-state index is 0.292. The number of aromatic nitrogens is 2. The second-order valence-corrected chi connectivity index (χ2v) is 4.17. The molecule has 0 unspecified atom stereocenters. The number of aliphatic hydroxyl groups is 1. The standard InChI is InChI=1S/C12H22N4O/c1-13-12-9-14-11(8-15-12)10-16(2)6-4-3-5-7-17/h8-9,17H,3-7,10H2,1-2H3,(H,13,15). The Balaban J connectivity index is 2.26. The molecule has 0 aliphatic carbocycles. The van der Waals surface area contributed by atoms with Gasteiger partial charge in [0.1, 0.15) is 5.82 Å². The molecule has 1 heterocycles. The van der Waals surface area contributed by atoms with Crippen LogP contribution in [0.15, 0.2) is 12.4 Å². The minimum Gasteiger partial charge on any atom is -0.396 e. The van der Waals surface area contributed by atoms with Crippen LogP contribution in [-0.4, -0.2) is 47.2 Å². The van der Waals surface area contributed by atoms with Gasteiger partial charge in [-0.2, -0.15) is 0 Å². The van der Waals surface area contributed by atoms with Crippen LogP contribution in [0.2, 0.25) is 0 Å². The molecule has 0 aliphatic rings. The summed E-state index contributed by atoms with van der Waals surface area (Å²) in [5.74, 6) is 0.791. The molecule has 5 nitrogen and oxygen atoms in total. The van der Waals surface area contributed by atoms with Crippen molar-refractivity contribution in [3.8, 4) is 0 Å². The lowest BCUT2D eigenvalue weighted by Crippen LogP contribution is -2.20. The quantitative estimate of drug-likeness (QED) is 0.664. The molecule has 0 aromatic carbocycles. The summed E-state index contributed by atoms with van der Waals surface area (Å²) >= 11 is 0. The number of rotatable bonds is 8. The highest BCUT2D eigenvalue weighted by Gasteiger charge is 2.02. The average Bonchev–Trinajstić information content (AvgIpc) is 2.36. The first-order valence-electron chi connectivity index (χ1n) is 6.04. The van der Waals surface area contributed by atoms with Crippen molar-refractivity contribution in [1.82, 2.24) is 14.9 Å². The summed E-state index contributed by atoms with van der Waals surface area (Å²) in [6.45, 7) is 2.13. The first-order chi connectivity index (χ1) is 8.26. The van der Waals surface area contributed by atoms with Crippen LogP contribution in [0.3, 0.4) is 0 Å². The SMILES string of the molecule is CNc1cnc(CN(C)CCCCCO)cn1. The van der Waals surface area contributed by atoms with Crippen molar-refractivity contribution in [2.45, 2.75) is 25.8 Å². The molecule has 96 valence electrons. The fraction of sp³-hybridized carbons (Fsp3) is 0.667. The highest BCUT2D eigenvalue weighted by atomic mass is 16.2. The summed E-state index contributed by atoms with van der Waals surface area (Å²) in [6.07, 6.45) is 6.62. The van der Waals surface area contributed by atoms with E-state index in [0.717, 1.165) is 43.9 Å². The zero-order valence-corrected chi connectivity index (χ0v) is 10.7. The molecule has 5 heteroatoms. The molecular formula is C12H22N4O. The molecule has 0 saturated heterocycles. The van der Waals surface area contributed by atoms with E-state index < -0.39 is 0 Å². The van der Waals surface area contributed by atoms with Gasteiger partial charge in [-0.1, -0.05) is 0 Å². The van der Waals surface area contributed by atoms with Gasteiger partial charge in [0.2, 0.25) is 0 Å². The first kappa shape index (κ1) is 13.9. The summed E-state index contributed by atoms with van der Waals surface area (Å²) in [5, 5.41) is 11.6. The Morgan fingerprint density at radius 2 is 2.06 bits per heavy atom. The van der Waals surface area contributed by atoms with Gasteiger partial charge in [0.25, 0.3) is 0 Å². The summed E-state index contributed by atoms with van der Waals surface area (Å²) in [6, 6.07) is 0. The van der Waals surface area contributed by atoms with E-state index in [2.05, 4.69) is 27.2 Å². The van der Waals surface area contributed by atoms with Crippen molar-refractivity contribution >= 4 is 5.82 Å². The summed E-state index contributed by atoms with van der Waals surface area (Å²) < 4.78 is 0. The van der Waals surface area contributed by atoms with Crippen LogP contribution in [-0.2, 0) is 6.54 Å². The van der Waals surface area contributed by atoms with Crippen molar-refractivity contribution in [3.05, 3.63) is 18.1 Å². The Labute approximate surface area is 103 Å². The maximum atomic E-state index is 8.68. The van der Waals surface area contributed by atoms with Crippen molar-refractivity contribution in [3.63, 3.8) is 0 Å². The number of hydrogen-bond donors (Lipinski definition) is 2. The van der Waals surface area contributed by atoms with Gasteiger partial charge < -0.3 is 15.3 Å². The molecule has 17 heavy (non-hydrogen) atoms. The Morgan fingerprint density at radius 1 is 1.24 bits per heavy atom. The average molecular weight is 238 g/mol. The molecule has 0 spiro atoms. The Hall–Kier alpha value is -1.20. The number of hydrogen-bond acceptors (Lipinski definition) is 5. The van der Waals surface area contributed by atoms with Crippen LogP contribution in [0.25, 0.3) is 0 Å². The summed E-state index contributed by atoms with van der Waals surface area (Å²) in [7, 11) is 3.91. The van der Waals surface area contributed by atoms with E-state index in [9.17, 15) is 0 Å². The van der Waals surface area contributed by atoms with Gasteiger partial charge in [-0.3, -0.25) is 4.98 Å². The van der Waals surface area contributed by atoms with Crippen LogP contribution in [0, 0.1) is 0 Å². The zero-order valence-electron chi connectivity index (χ0n) is 10.7. The second-order valence-electron chi connectivity index (χ2n) is 4.17. The van der Waals surface area contributed by atoms with Crippen molar-refractivity contribution < 1.29 is 5.11 Å². The van der Waals surface area contributed by atoms with E-state index >= 15 is 0 Å². The third-order valence-electron chi connectivity index (χ3n) is 2.59. The number of nitrogens with one attached hydrogen (secondary N) is 1. The second kappa shape index (κ2) is 7.97. The maximum absolute atomic E-state index is 8.68. The molecule has 0 radical (unpaired) electrons. The van der Waals surface area contributed by atoms with Gasteiger partial charge >= 0.3 is 0 Å². The Morgan fingerprint density at radius 3 is 2.65 bits per heavy atom. The molecule has 0 saturated carbocycles. The van der Waals surface area contributed by atoms with Crippen LogP contribution < -0.4 is 5.32 Å². The van der Waals surface area contributed by atoms with E-state index in [-0.39, 0.29) is 0 Å². The lowest BCUT2D eigenvalue weighted by Gasteiger charge is -2.15. The number of unbranched alkanes of at least 4 members (excludes halogenated alkanes) is 2. The molecule has 1 aromatic heterocycles. The van der Waals surface area contributed by atoms with Crippen LogP contribution in [0.4, 0.5) is 5.82 Å². The van der Waals surface area contributed by atoms with E-state index in [0.29, 0.717) is 6.61 Å². The first-order valence-corrected chi connectivity index (χ1v) is 6.04. The Kier molecular flexibility index (Phi) is 6.50. The number of anilines is 1. The number of aliphatic hydroxyl groups excluding tert-OH is 1. The van der Waals surface area contributed by atoms with E-state index in [1.807, 2.05) is 7.05 Å². The van der Waals surface area contributed by atoms with E-state index in [4.69, 9.17) is 5.11 Å². The van der Waals surface area contributed by atoms with Gasteiger partial charge in [0.15, 0.2) is 0 Å². The van der Waals surface area contributed by atoms with Crippen LogP contribution in [0.1, 0.15) is 25.0 Å². The van der Waals surface area contributed by atoms with Crippen molar-refractivity contribution in [1.29, 1.82) is 0 Å². The van der Waals surface area contributed by atoms with Crippen molar-refractivity contribution in [2.75, 3.05) is 32.6 Å². The third kappa shape index (κ3) is 5.60. The normalized spacial score (nSPS) is 10.8. The Bertz CT molecular complexity index is 302. The molecule has 0 bridgehead atoms. The van der Waals surface area contributed by atoms with Gasteiger partial charge in [-0.05, 0) is 32.9 Å². The molecule has 0 aliphatic heterocycles. The molecule has 2 N–H and O–H groups in total. The van der Waals surface area contributed by atoms with Gasteiger partial charge in [0.05, 0.1) is 18.1 Å². The predicted molar refractivity (Wildman–Crippen MR) is 68.8 cm³/mol. The van der Waals surface area contributed by atoms with Crippen LogP contribution in [0.5, 0.6) is 0 Å². The van der Waals surface area contributed by atoms with Gasteiger partial charge in [-0.25, -0.2) is 4.98 Å². The predicted octanol–water partition coefficient (Wildman–Crippen LogP) is 1.11.